The molecule has 1 N–H and O–H groups in total. The Morgan fingerprint density at radius 3 is 2.74 bits per heavy atom. The molecule has 3 heteroatoms. The standard InChI is InChI=1S/C16H26N2O/c1-13-6-7-15(19-4)14(10-13)11-16(18(2)3)8-5-9-17-12-16/h6-7,10,17H,5,8-9,11-12H2,1-4H3. The van der Waals surface area contributed by atoms with Crippen LogP contribution in [0.2, 0.25) is 0 Å². The van der Waals surface area contributed by atoms with E-state index in [1.165, 1.54) is 24.0 Å². The first-order chi connectivity index (χ1) is 9.07. The van der Waals surface area contributed by atoms with Gasteiger partial charge < -0.3 is 15.0 Å². The van der Waals surface area contributed by atoms with Gasteiger partial charge in [0.25, 0.3) is 0 Å². The molecule has 0 radical (unpaired) electrons. The van der Waals surface area contributed by atoms with E-state index in [0.717, 1.165) is 25.3 Å². The summed E-state index contributed by atoms with van der Waals surface area (Å²) in [6.07, 6.45) is 3.52. The summed E-state index contributed by atoms with van der Waals surface area (Å²) < 4.78 is 5.53. The number of nitrogens with zero attached hydrogens (tertiary/aromatic N) is 1. The van der Waals surface area contributed by atoms with E-state index in [1.807, 2.05) is 0 Å². The van der Waals surface area contributed by atoms with Gasteiger partial charge in [0, 0.05) is 12.1 Å². The molecule has 1 aromatic carbocycles. The Balaban J connectivity index is 2.28. The van der Waals surface area contributed by atoms with E-state index >= 15 is 0 Å². The van der Waals surface area contributed by atoms with Crippen molar-refractivity contribution in [2.24, 2.45) is 0 Å². The number of hydrogen-bond acceptors (Lipinski definition) is 3. The van der Waals surface area contributed by atoms with Gasteiger partial charge in [0.15, 0.2) is 0 Å². The molecule has 1 heterocycles. The molecule has 0 saturated carbocycles. The van der Waals surface area contributed by atoms with Crippen LogP contribution in [0.15, 0.2) is 18.2 Å². The van der Waals surface area contributed by atoms with Crippen LogP contribution in [0, 0.1) is 6.92 Å². The van der Waals surface area contributed by atoms with E-state index in [-0.39, 0.29) is 5.54 Å². The fraction of sp³-hybridized carbons (Fsp3) is 0.625. The zero-order valence-corrected chi connectivity index (χ0v) is 12.6. The fourth-order valence-electron chi connectivity index (χ4n) is 3.04. The zero-order chi connectivity index (χ0) is 13.9. The molecule has 1 unspecified atom stereocenters. The summed E-state index contributed by atoms with van der Waals surface area (Å²) >= 11 is 0. The minimum Gasteiger partial charge on any atom is -0.496 e. The summed E-state index contributed by atoms with van der Waals surface area (Å²) in [7, 11) is 6.14. The molecule has 1 aliphatic heterocycles. The van der Waals surface area contributed by atoms with Gasteiger partial charge in [-0.15, -0.1) is 0 Å². The molecule has 1 aromatic rings. The van der Waals surface area contributed by atoms with Crippen molar-refractivity contribution >= 4 is 0 Å². The van der Waals surface area contributed by atoms with Crippen LogP contribution in [-0.2, 0) is 6.42 Å². The number of aryl methyl sites for hydroxylation is 1. The van der Waals surface area contributed by atoms with Crippen molar-refractivity contribution in [2.45, 2.75) is 31.7 Å². The van der Waals surface area contributed by atoms with Crippen LogP contribution in [0.1, 0.15) is 24.0 Å². The van der Waals surface area contributed by atoms with E-state index in [0.29, 0.717) is 0 Å². The van der Waals surface area contributed by atoms with Gasteiger partial charge in [-0.1, -0.05) is 17.7 Å². The fourth-order valence-corrected chi connectivity index (χ4v) is 3.04. The number of likely N-dealkylation sites (N-methyl/N-ethyl adjacent to an activating group) is 1. The minimum absolute atomic E-state index is 0.208. The van der Waals surface area contributed by atoms with E-state index in [4.69, 9.17) is 4.74 Å². The van der Waals surface area contributed by atoms with Crippen LogP contribution in [0.3, 0.4) is 0 Å². The Morgan fingerprint density at radius 2 is 2.16 bits per heavy atom. The van der Waals surface area contributed by atoms with Crippen molar-refractivity contribution in [3.63, 3.8) is 0 Å². The topological polar surface area (TPSA) is 24.5 Å². The molecular weight excluding hydrogens is 236 g/mol. The average Bonchev–Trinajstić information content (AvgIpc) is 2.40. The molecule has 1 fully saturated rings. The van der Waals surface area contributed by atoms with Gasteiger partial charge in [-0.2, -0.15) is 0 Å². The van der Waals surface area contributed by atoms with Crippen LogP contribution in [0.5, 0.6) is 5.75 Å². The molecule has 19 heavy (non-hydrogen) atoms. The summed E-state index contributed by atoms with van der Waals surface area (Å²) in [5.41, 5.74) is 2.83. The largest absolute Gasteiger partial charge is 0.496 e. The predicted octanol–water partition coefficient (Wildman–Crippen LogP) is 2.23. The van der Waals surface area contributed by atoms with E-state index < -0.39 is 0 Å². The zero-order valence-electron chi connectivity index (χ0n) is 12.6. The van der Waals surface area contributed by atoms with Gasteiger partial charge in [-0.25, -0.2) is 0 Å². The van der Waals surface area contributed by atoms with Crippen LogP contribution in [0.4, 0.5) is 0 Å². The van der Waals surface area contributed by atoms with Crippen LogP contribution in [-0.4, -0.2) is 44.7 Å². The highest BCUT2D eigenvalue weighted by Gasteiger charge is 2.35. The summed E-state index contributed by atoms with van der Waals surface area (Å²) in [4.78, 5) is 2.38. The molecule has 1 aliphatic rings. The number of rotatable bonds is 4. The lowest BCUT2D eigenvalue weighted by atomic mass is 9.82. The quantitative estimate of drug-likeness (QED) is 0.900. The van der Waals surface area contributed by atoms with Crippen molar-refractivity contribution in [3.05, 3.63) is 29.3 Å². The smallest absolute Gasteiger partial charge is 0.122 e. The number of methoxy groups -OCH3 is 1. The maximum Gasteiger partial charge on any atom is 0.122 e. The predicted molar refractivity (Wildman–Crippen MR) is 80.0 cm³/mol. The second-order valence-electron chi connectivity index (χ2n) is 5.89. The molecule has 0 aliphatic carbocycles. The van der Waals surface area contributed by atoms with Gasteiger partial charge in [0.1, 0.15) is 5.75 Å². The molecule has 0 spiro atoms. The van der Waals surface area contributed by atoms with Crippen molar-refractivity contribution in [3.8, 4) is 5.75 Å². The highest BCUT2D eigenvalue weighted by Crippen LogP contribution is 2.30. The van der Waals surface area contributed by atoms with E-state index in [9.17, 15) is 0 Å². The van der Waals surface area contributed by atoms with E-state index in [1.54, 1.807) is 7.11 Å². The second-order valence-corrected chi connectivity index (χ2v) is 5.89. The highest BCUT2D eigenvalue weighted by atomic mass is 16.5. The van der Waals surface area contributed by atoms with Crippen LogP contribution >= 0.6 is 0 Å². The molecule has 106 valence electrons. The normalized spacial score (nSPS) is 23.6. The molecule has 1 atom stereocenters. The molecule has 1 saturated heterocycles. The number of hydrogen-bond donors (Lipinski definition) is 1. The Hall–Kier alpha value is -1.06. The first-order valence-corrected chi connectivity index (χ1v) is 7.09. The molecule has 2 rings (SSSR count). The third kappa shape index (κ3) is 3.10. The Bertz CT molecular complexity index is 423. The van der Waals surface area contributed by atoms with Crippen molar-refractivity contribution in [1.82, 2.24) is 10.2 Å². The molecule has 0 aromatic heterocycles. The molecule has 0 amide bonds. The molecule has 3 nitrogen and oxygen atoms in total. The third-order valence-electron chi connectivity index (χ3n) is 4.35. The van der Waals surface area contributed by atoms with Gasteiger partial charge in [-0.3, -0.25) is 0 Å². The summed E-state index contributed by atoms with van der Waals surface area (Å²) in [5.74, 6) is 1.01. The minimum atomic E-state index is 0.208. The number of piperidine rings is 1. The molecule has 0 bridgehead atoms. The lowest BCUT2D eigenvalue weighted by Gasteiger charge is -2.43. The SMILES string of the molecule is COc1ccc(C)cc1CC1(N(C)C)CCCNC1. The van der Waals surface area contributed by atoms with Gasteiger partial charge in [0.2, 0.25) is 0 Å². The lowest BCUT2D eigenvalue weighted by Crippen LogP contribution is -2.56. The summed E-state index contributed by atoms with van der Waals surface area (Å²) in [5, 5.41) is 3.55. The van der Waals surface area contributed by atoms with E-state index in [2.05, 4.69) is 49.4 Å². The summed E-state index contributed by atoms with van der Waals surface area (Å²) in [6.45, 7) is 4.34. The molecular formula is C16H26N2O. The van der Waals surface area contributed by atoms with Crippen molar-refractivity contribution in [1.29, 1.82) is 0 Å². The first kappa shape index (κ1) is 14.4. The maximum absolute atomic E-state index is 5.53. The number of benzene rings is 1. The average molecular weight is 262 g/mol. The van der Waals surface area contributed by atoms with Crippen LogP contribution in [0.25, 0.3) is 0 Å². The van der Waals surface area contributed by atoms with Gasteiger partial charge in [0.05, 0.1) is 7.11 Å². The van der Waals surface area contributed by atoms with Crippen molar-refractivity contribution in [2.75, 3.05) is 34.3 Å². The number of ether oxygens (including phenoxy) is 1. The number of nitrogens with one attached hydrogen (secondary N) is 1. The highest BCUT2D eigenvalue weighted by molar-refractivity contribution is 5.38. The Kier molecular flexibility index (Phi) is 4.48. The Morgan fingerprint density at radius 1 is 1.37 bits per heavy atom. The second kappa shape index (κ2) is 5.93. The summed E-state index contributed by atoms with van der Waals surface area (Å²) in [6, 6.07) is 6.47. The van der Waals surface area contributed by atoms with Crippen LogP contribution < -0.4 is 10.1 Å². The third-order valence-corrected chi connectivity index (χ3v) is 4.35. The lowest BCUT2D eigenvalue weighted by molar-refractivity contribution is 0.113. The van der Waals surface area contributed by atoms with Gasteiger partial charge >= 0.3 is 0 Å². The van der Waals surface area contributed by atoms with Crippen molar-refractivity contribution < 1.29 is 4.74 Å². The monoisotopic (exact) mass is 262 g/mol. The van der Waals surface area contributed by atoms with Gasteiger partial charge in [-0.05, 0) is 58.5 Å². The first-order valence-electron chi connectivity index (χ1n) is 7.09. The Labute approximate surface area is 116 Å². The maximum atomic E-state index is 5.53.